The lowest BCUT2D eigenvalue weighted by atomic mass is 9.98. The van der Waals surface area contributed by atoms with Gasteiger partial charge < -0.3 is 16.0 Å². The van der Waals surface area contributed by atoms with E-state index in [1.165, 1.54) is 22.4 Å². The van der Waals surface area contributed by atoms with Crippen LogP contribution in [0.25, 0.3) is 43.4 Å². The molecule has 9 rings (SSSR count). The molecule has 1 aliphatic heterocycles. The van der Waals surface area contributed by atoms with E-state index in [0.29, 0.717) is 0 Å². The highest BCUT2D eigenvalue weighted by molar-refractivity contribution is 6.23. The molecule has 7 aromatic carbocycles. The monoisotopic (exact) mass is 618 g/mol. The summed E-state index contributed by atoms with van der Waals surface area (Å²) in [6, 6.07) is 52.1. The van der Waals surface area contributed by atoms with Crippen molar-refractivity contribution in [1.82, 2.24) is 9.88 Å². The molecule has 0 unspecified atom stereocenters. The Morgan fingerprint density at radius 3 is 1.90 bits per heavy atom. The Morgan fingerprint density at radius 1 is 0.583 bits per heavy atom. The van der Waals surface area contributed by atoms with Gasteiger partial charge in [0.1, 0.15) is 11.7 Å². The van der Waals surface area contributed by atoms with Crippen LogP contribution in [0, 0.1) is 5.41 Å². The minimum atomic E-state index is -0.596. The van der Waals surface area contributed by atoms with E-state index in [0.717, 1.165) is 66.9 Å². The number of aliphatic imine (C=N–C) groups is 2. The first-order valence-electron chi connectivity index (χ1n) is 16.0. The van der Waals surface area contributed by atoms with E-state index in [-0.39, 0.29) is 0 Å². The highest BCUT2D eigenvalue weighted by atomic mass is 15.3. The first kappa shape index (κ1) is 27.8. The Hall–Kier alpha value is -6.53. The van der Waals surface area contributed by atoms with Crippen molar-refractivity contribution < 1.29 is 0 Å². The normalized spacial score (nSPS) is 13.4. The van der Waals surface area contributed by atoms with E-state index < -0.39 is 6.29 Å². The Labute approximate surface area is 277 Å². The van der Waals surface area contributed by atoms with Crippen LogP contribution in [0.4, 0.5) is 11.4 Å². The van der Waals surface area contributed by atoms with E-state index >= 15 is 0 Å². The standard InChI is InChI=1S/C42H30N6/c43-26-35-36(44-31-17-8-3-9-18-31)22-23-37-39(35)34-25-33-30(21-20-27-12-10-11-19-32(27)33)24-38(34)48(37)42-46-40(28-13-4-1-5-14-28)45-41(47-42)29-15-6-2-7-16-29/h1-26,42-44H,(H,45,46,47). The van der Waals surface area contributed by atoms with E-state index in [1.807, 2.05) is 66.7 Å². The fourth-order valence-electron chi connectivity index (χ4n) is 6.89. The summed E-state index contributed by atoms with van der Waals surface area (Å²) in [4.78, 5) is 10.5. The van der Waals surface area contributed by atoms with Gasteiger partial charge in [0, 0.05) is 45.1 Å². The van der Waals surface area contributed by atoms with Crippen molar-refractivity contribution >= 4 is 72.6 Å². The van der Waals surface area contributed by atoms with E-state index in [1.54, 1.807) is 0 Å². The fourth-order valence-corrected chi connectivity index (χ4v) is 6.89. The fraction of sp³-hybridized carbons (Fsp3) is 0.0238. The van der Waals surface area contributed by atoms with Crippen LogP contribution in [0.3, 0.4) is 0 Å². The quantitative estimate of drug-likeness (QED) is 0.128. The minimum absolute atomic E-state index is 0.596. The summed E-state index contributed by atoms with van der Waals surface area (Å²) in [5.41, 5.74) is 6.58. The van der Waals surface area contributed by atoms with Crippen LogP contribution in [-0.4, -0.2) is 22.5 Å². The molecule has 0 saturated carbocycles. The zero-order valence-electron chi connectivity index (χ0n) is 25.9. The van der Waals surface area contributed by atoms with Crippen molar-refractivity contribution in [2.24, 2.45) is 9.98 Å². The molecule has 48 heavy (non-hydrogen) atoms. The summed E-state index contributed by atoms with van der Waals surface area (Å²) in [6.07, 6.45) is 0.867. The predicted octanol–water partition coefficient (Wildman–Crippen LogP) is 9.80. The summed E-state index contributed by atoms with van der Waals surface area (Å²) < 4.78 is 2.23. The number of hydrogen-bond acceptors (Lipinski definition) is 5. The second kappa shape index (κ2) is 11.4. The molecule has 8 aromatic rings. The van der Waals surface area contributed by atoms with E-state index in [9.17, 15) is 0 Å². The molecule has 2 heterocycles. The molecule has 3 N–H and O–H groups in total. The van der Waals surface area contributed by atoms with Gasteiger partial charge in [-0.05, 0) is 57.9 Å². The number of amidine groups is 2. The molecule has 228 valence electrons. The average molecular weight is 619 g/mol. The first-order valence-corrected chi connectivity index (χ1v) is 16.0. The Balaban J connectivity index is 1.36. The maximum absolute atomic E-state index is 8.70. The Bertz CT molecular complexity index is 2510. The van der Waals surface area contributed by atoms with Crippen LogP contribution in [0.1, 0.15) is 23.0 Å². The number of para-hydroxylation sites is 1. The van der Waals surface area contributed by atoms with Gasteiger partial charge in [0.2, 0.25) is 6.29 Å². The molecule has 0 bridgehead atoms. The third kappa shape index (κ3) is 4.62. The zero-order chi connectivity index (χ0) is 32.0. The van der Waals surface area contributed by atoms with Gasteiger partial charge in [-0.25, -0.2) is 9.98 Å². The number of aromatic nitrogens is 1. The predicted molar refractivity (Wildman–Crippen MR) is 200 cm³/mol. The van der Waals surface area contributed by atoms with Crippen LogP contribution in [0.2, 0.25) is 0 Å². The molecule has 1 aromatic heterocycles. The van der Waals surface area contributed by atoms with Gasteiger partial charge in [-0.2, -0.15) is 0 Å². The number of anilines is 2. The summed E-state index contributed by atoms with van der Waals surface area (Å²) in [5.74, 6) is 1.51. The molecule has 6 heteroatoms. The van der Waals surface area contributed by atoms with Crippen molar-refractivity contribution in [2.45, 2.75) is 6.29 Å². The summed E-state index contributed by atoms with van der Waals surface area (Å²) >= 11 is 0. The van der Waals surface area contributed by atoms with Gasteiger partial charge in [0.05, 0.1) is 11.0 Å². The van der Waals surface area contributed by atoms with Crippen LogP contribution in [0.5, 0.6) is 0 Å². The highest BCUT2D eigenvalue weighted by Crippen LogP contribution is 2.41. The maximum atomic E-state index is 8.70. The molecule has 0 spiro atoms. The average Bonchev–Trinajstić information content (AvgIpc) is 3.48. The molecule has 0 fully saturated rings. The highest BCUT2D eigenvalue weighted by Gasteiger charge is 2.26. The molecule has 0 radical (unpaired) electrons. The smallest absolute Gasteiger partial charge is 0.224 e. The number of hydrogen-bond donors (Lipinski definition) is 3. The molecule has 0 atom stereocenters. The third-order valence-electron chi connectivity index (χ3n) is 9.12. The Morgan fingerprint density at radius 2 is 1.21 bits per heavy atom. The van der Waals surface area contributed by atoms with Crippen molar-refractivity contribution in [3.8, 4) is 0 Å². The van der Waals surface area contributed by atoms with Gasteiger partial charge in [0.15, 0.2) is 0 Å². The van der Waals surface area contributed by atoms with E-state index in [2.05, 4.69) is 100 Å². The van der Waals surface area contributed by atoms with Crippen molar-refractivity contribution in [3.05, 3.63) is 168 Å². The van der Waals surface area contributed by atoms with Crippen molar-refractivity contribution in [1.29, 1.82) is 5.41 Å². The van der Waals surface area contributed by atoms with Crippen LogP contribution in [-0.2, 0) is 0 Å². The van der Waals surface area contributed by atoms with Gasteiger partial charge in [-0.1, -0.05) is 115 Å². The molecular formula is C42H30N6. The molecule has 6 nitrogen and oxygen atoms in total. The number of rotatable bonds is 6. The molecular weight excluding hydrogens is 589 g/mol. The van der Waals surface area contributed by atoms with Crippen LogP contribution >= 0.6 is 0 Å². The number of nitrogens with zero attached hydrogens (tertiary/aromatic N) is 3. The third-order valence-corrected chi connectivity index (χ3v) is 9.12. The van der Waals surface area contributed by atoms with Gasteiger partial charge >= 0.3 is 0 Å². The molecule has 0 saturated heterocycles. The molecule has 0 aliphatic carbocycles. The first-order chi connectivity index (χ1) is 23.7. The van der Waals surface area contributed by atoms with Crippen LogP contribution in [0.15, 0.2) is 162 Å². The zero-order valence-corrected chi connectivity index (χ0v) is 25.9. The summed E-state index contributed by atoms with van der Waals surface area (Å²) in [5, 5.41) is 22.5. The largest absolute Gasteiger partial charge is 0.355 e. The molecule has 0 amide bonds. The Kier molecular flexibility index (Phi) is 6.57. The van der Waals surface area contributed by atoms with Gasteiger partial charge in [-0.3, -0.25) is 4.57 Å². The van der Waals surface area contributed by atoms with Crippen molar-refractivity contribution in [2.75, 3.05) is 5.32 Å². The lowest BCUT2D eigenvalue weighted by Crippen LogP contribution is -2.36. The second-order valence-electron chi connectivity index (χ2n) is 12.0. The lowest BCUT2D eigenvalue weighted by molar-refractivity contribution is 0.575. The van der Waals surface area contributed by atoms with Crippen molar-refractivity contribution in [3.63, 3.8) is 0 Å². The second-order valence-corrected chi connectivity index (χ2v) is 12.0. The number of fused-ring (bicyclic) bond motifs is 6. The van der Waals surface area contributed by atoms with Gasteiger partial charge in [0.25, 0.3) is 0 Å². The van der Waals surface area contributed by atoms with Crippen LogP contribution < -0.4 is 10.6 Å². The number of nitrogens with one attached hydrogen (secondary N) is 3. The topological polar surface area (TPSA) is 77.6 Å². The number of benzene rings is 7. The van der Waals surface area contributed by atoms with Gasteiger partial charge in [-0.15, -0.1) is 0 Å². The SMILES string of the molecule is N=Cc1c(Nc2ccccc2)ccc2c1c1cc3c(ccc4ccccc43)cc1n2C1N=C(c2ccccc2)NC(c2ccccc2)=N1. The minimum Gasteiger partial charge on any atom is -0.355 e. The summed E-state index contributed by atoms with van der Waals surface area (Å²) in [6.45, 7) is 0. The maximum Gasteiger partial charge on any atom is 0.224 e. The lowest BCUT2D eigenvalue weighted by Gasteiger charge is -2.24. The summed E-state index contributed by atoms with van der Waals surface area (Å²) in [7, 11) is 0. The molecule has 1 aliphatic rings. The van der Waals surface area contributed by atoms with E-state index in [4.69, 9.17) is 15.4 Å².